The lowest BCUT2D eigenvalue weighted by molar-refractivity contribution is 1.12. The monoisotopic (exact) mass is 316 g/mol. The van der Waals surface area contributed by atoms with Crippen molar-refractivity contribution in [2.75, 3.05) is 19.0 Å². The molecule has 0 spiro atoms. The molecule has 0 radical (unpaired) electrons. The van der Waals surface area contributed by atoms with E-state index in [4.69, 9.17) is 0 Å². The second-order valence-corrected chi connectivity index (χ2v) is 5.83. The van der Waals surface area contributed by atoms with Gasteiger partial charge < -0.3 is 4.90 Å². The second kappa shape index (κ2) is 7.04. The van der Waals surface area contributed by atoms with Gasteiger partial charge in [0.1, 0.15) is 0 Å². The summed E-state index contributed by atoms with van der Waals surface area (Å²) in [5.41, 5.74) is 6.00. The van der Waals surface area contributed by atoms with Gasteiger partial charge in [0.2, 0.25) is 0 Å². The van der Waals surface area contributed by atoms with Crippen molar-refractivity contribution < 1.29 is 0 Å². The summed E-state index contributed by atoms with van der Waals surface area (Å²) in [5.74, 6) is 0. The molecule has 0 aliphatic heterocycles. The maximum absolute atomic E-state index is 4.37. The fraction of sp³-hybridized carbons (Fsp3) is 0.150. The van der Waals surface area contributed by atoms with Gasteiger partial charge in [-0.3, -0.25) is 4.98 Å². The summed E-state index contributed by atoms with van der Waals surface area (Å²) in [7, 11) is 4.05. The van der Waals surface area contributed by atoms with Gasteiger partial charge in [0.25, 0.3) is 0 Å². The van der Waals surface area contributed by atoms with Crippen LogP contribution in [0.25, 0.3) is 11.3 Å². The van der Waals surface area contributed by atoms with Crippen LogP contribution in [-0.4, -0.2) is 19.1 Å². The van der Waals surface area contributed by atoms with Crippen LogP contribution in [0.15, 0.2) is 77.1 Å². The topological polar surface area (TPSA) is 40.9 Å². The molecule has 120 valence electrons. The number of aromatic nitrogens is 1. The van der Waals surface area contributed by atoms with Gasteiger partial charge in [-0.15, -0.1) is 0 Å². The summed E-state index contributed by atoms with van der Waals surface area (Å²) in [6, 6.07) is 20.0. The van der Waals surface area contributed by atoms with Gasteiger partial charge >= 0.3 is 0 Å². The molecule has 24 heavy (non-hydrogen) atoms. The van der Waals surface area contributed by atoms with E-state index in [-0.39, 0.29) is 0 Å². The van der Waals surface area contributed by atoms with Crippen LogP contribution in [0.1, 0.15) is 5.56 Å². The third-order valence-electron chi connectivity index (χ3n) is 3.80. The van der Waals surface area contributed by atoms with Crippen LogP contribution in [0.4, 0.5) is 17.1 Å². The lowest BCUT2D eigenvalue weighted by Gasteiger charge is -2.13. The Bertz CT molecular complexity index is 837. The summed E-state index contributed by atoms with van der Waals surface area (Å²) in [6.07, 6.45) is 1.79. The smallest absolute Gasteiger partial charge is 0.0887 e. The van der Waals surface area contributed by atoms with Crippen molar-refractivity contribution in [2.45, 2.75) is 6.92 Å². The second-order valence-electron chi connectivity index (χ2n) is 5.83. The maximum Gasteiger partial charge on any atom is 0.0887 e. The molecule has 1 aromatic heterocycles. The van der Waals surface area contributed by atoms with E-state index in [9.17, 15) is 0 Å². The largest absolute Gasteiger partial charge is 0.378 e. The average Bonchev–Trinajstić information content (AvgIpc) is 2.62. The van der Waals surface area contributed by atoms with Crippen molar-refractivity contribution in [3.63, 3.8) is 0 Å². The van der Waals surface area contributed by atoms with Gasteiger partial charge in [-0.1, -0.05) is 18.2 Å². The molecule has 0 aliphatic carbocycles. The van der Waals surface area contributed by atoms with E-state index in [1.807, 2.05) is 75.6 Å². The maximum atomic E-state index is 4.37. The predicted octanol–water partition coefficient (Wildman–Crippen LogP) is 5.54. The minimum absolute atomic E-state index is 0.825. The zero-order chi connectivity index (χ0) is 16.9. The predicted molar refractivity (Wildman–Crippen MR) is 99.4 cm³/mol. The Morgan fingerprint density at radius 1 is 0.875 bits per heavy atom. The highest BCUT2D eigenvalue weighted by Gasteiger charge is 2.01. The van der Waals surface area contributed by atoms with E-state index in [0.717, 1.165) is 33.9 Å². The van der Waals surface area contributed by atoms with E-state index in [2.05, 4.69) is 26.2 Å². The Kier molecular flexibility index (Phi) is 4.66. The third kappa shape index (κ3) is 3.66. The lowest BCUT2D eigenvalue weighted by atomic mass is 10.1. The molecule has 0 bridgehead atoms. The number of azo groups is 1. The fourth-order valence-corrected chi connectivity index (χ4v) is 2.37. The zero-order valence-corrected chi connectivity index (χ0v) is 14.1. The molecule has 0 aliphatic rings. The Morgan fingerprint density at radius 2 is 1.67 bits per heavy atom. The first-order valence-electron chi connectivity index (χ1n) is 7.85. The summed E-state index contributed by atoms with van der Waals surface area (Å²) in [6.45, 7) is 2.05. The van der Waals surface area contributed by atoms with Crippen molar-refractivity contribution in [3.05, 3.63) is 72.4 Å². The summed E-state index contributed by atoms with van der Waals surface area (Å²) >= 11 is 0. The third-order valence-corrected chi connectivity index (χ3v) is 3.80. The normalized spacial score (nSPS) is 11.0. The van der Waals surface area contributed by atoms with E-state index in [1.54, 1.807) is 6.20 Å². The summed E-state index contributed by atoms with van der Waals surface area (Å²) < 4.78 is 0. The molecule has 2 aromatic carbocycles. The van der Waals surface area contributed by atoms with Crippen molar-refractivity contribution >= 4 is 17.1 Å². The molecule has 4 heteroatoms. The number of rotatable bonds is 4. The molecule has 3 aromatic rings. The fourth-order valence-electron chi connectivity index (χ4n) is 2.37. The number of anilines is 1. The molecule has 0 fully saturated rings. The Labute approximate surface area is 142 Å². The van der Waals surface area contributed by atoms with Crippen LogP contribution in [-0.2, 0) is 0 Å². The quantitative estimate of drug-likeness (QED) is 0.593. The summed E-state index contributed by atoms with van der Waals surface area (Å²) in [4.78, 5) is 6.42. The van der Waals surface area contributed by atoms with Crippen molar-refractivity contribution in [3.8, 4) is 11.3 Å². The van der Waals surface area contributed by atoms with Crippen molar-refractivity contribution in [2.24, 2.45) is 10.2 Å². The molecular weight excluding hydrogens is 296 g/mol. The van der Waals surface area contributed by atoms with Crippen molar-refractivity contribution in [1.29, 1.82) is 0 Å². The molecule has 0 saturated carbocycles. The summed E-state index contributed by atoms with van der Waals surface area (Å²) in [5, 5.41) is 8.71. The molecule has 0 atom stereocenters. The minimum atomic E-state index is 0.825. The number of aryl methyl sites for hydroxylation is 1. The van der Waals surface area contributed by atoms with Gasteiger partial charge in [-0.25, -0.2) is 0 Å². The Morgan fingerprint density at radius 3 is 2.29 bits per heavy atom. The van der Waals surface area contributed by atoms with Crippen LogP contribution >= 0.6 is 0 Å². The molecule has 0 amide bonds. The van der Waals surface area contributed by atoms with Gasteiger partial charge in [-0.05, 0) is 55.0 Å². The van der Waals surface area contributed by atoms with Gasteiger partial charge in [0, 0.05) is 31.5 Å². The van der Waals surface area contributed by atoms with E-state index < -0.39 is 0 Å². The highest BCUT2D eigenvalue weighted by molar-refractivity contribution is 5.61. The van der Waals surface area contributed by atoms with Crippen LogP contribution in [0.2, 0.25) is 0 Å². The first-order chi connectivity index (χ1) is 11.6. The first-order valence-corrected chi connectivity index (χ1v) is 7.85. The van der Waals surface area contributed by atoms with Gasteiger partial charge in [0.05, 0.1) is 17.1 Å². The molecule has 0 saturated heterocycles. The molecular formula is C20H20N4. The lowest BCUT2D eigenvalue weighted by Crippen LogP contribution is -2.08. The Balaban J connectivity index is 1.78. The zero-order valence-electron chi connectivity index (χ0n) is 14.1. The average molecular weight is 316 g/mol. The molecule has 3 rings (SSSR count). The van der Waals surface area contributed by atoms with Gasteiger partial charge in [-0.2, -0.15) is 10.2 Å². The standard InChI is InChI=1S/C20H20N4/c1-15-14-18(24(2)3)11-12-19(15)23-22-17-9-7-16(8-10-17)20-6-4-5-13-21-20/h4-14H,1-3H3. The Hall–Kier alpha value is -3.01. The van der Waals surface area contributed by atoms with E-state index >= 15 is 0 Å². The van der Waals surface area contributed by atoms with Crippen LogP contribution in [0.3, 0.4) is 0 Å². The number of hydrogen-bond acceptors (Lipinski definition) is 4. The highest BCUT2D eigenvalue weighted by atomic mass is 15.1. The van der Waals surface area contributed by atoms with Crippen LogP contribution < -0.4 is 4.90 Å². The molecule has 0 unspecified atom stereocenters. The number of nitrogens with zero attached hydrogens (tertiary/aromatic N) is 4. The number of pyridine rings is 1. The minimum Gasteiger partial charge on any atom is -0.378 e. The number of hydrogen-bond donors (Lipinski definition) is 0. The highest BCUT2D eigenvalue weighted by Crippen LogP contribution is 2.26. The molecule has 4 nitrogen and oxygen atoms in total. The van der Waals surface area contributed by atoms with E-state index in [0.29, 0.717) is 0 Å². The molecule has 0 N–H and O–H groups in total. The molecule has 1 heterocycles. The van der Waals surface area contributed by atoms with Crippen molar-refractivity contribution in [1.82, 2.24) is 4.98 Å². The van der Waals surface area contributed by atoms with Gasteiger partial charge in [0.15, 0.2) is 0 Å². The SMILES string of the molecule is Cc1cc(N(C)C)ccc1N=Nc1ccc(-c2ccccn2)cc1. The van der Waals surface area contributed by atoms with Crippen LogP contribution in [0, 0.1) is 6.92 Å². The first kappa shape index (κ1) is 15.9. The van der Waals surface area contributed by atoms with E-state index in [1.165, 1.54) is 0 Å². The van der Waals surface area contributed by atoms with Crippen LogP contribution in [0.5, 0.6) is 0 Å². The number of benzene rings is 2.